The zero-order valence-corrected chi connectivity index (χ0v) is 16.9. The molecule has 0 unspecified atom stereocenters. The second-order valence-electron chi connectivity index (χ2n) is 6.54. The third kappa shape index (κ3) is 4.65. The number of amides is 1. The van der Waals surface area contributed by atoms with Crippen LogP contribution in [0.4, 0.5) is 0 Å². The first-order valence-electron chi connectivity index (χ1n) is 9.17. The highest BCUT2D eigenvalue weighted by Crippen LogP contribution is 2.17. The lowest BCUT2D eigenvalue weighted by atomic mass is 10.2. The summed E-state index contributed by atoms with van der Waals surface area (Å²) in [5.74, 6) is 0.313. The zero-order valence-electron chi connectivity index (χ0n) is 16.1. The Hall–Kier alpha value is -3.13. The molecule has 3 rings (SSSR count). The Balaban J connectivity index is 1.76. The fourth-order valence-electron chi connectivity index (χ4n) is 2.90. The van der Waals surface area contributed by atoms with Gasteiger partial charge >= 0.3 is 5.69 Å². The number of halogens is 1. The molecule has 8 nitrogen and oxygen atoms in total. The third-order valence-corrected chi connectivity index (χ3v) is 4.60. The number of carbonyl (C=O) groups is 1. The molecule has 0 bridgehead atoms. The van der Waals surface area contributed by atoms with Crippen molar-refractivity contribution < 1.29 is 9.53 Å². The molecule has 3 aromatic rings. The zero-order chi connectivity index (χ0) is 21.0. The molecule has 9 heteroatoms. The van der Waals surface area contributed by atoms with Crippen molar-refractivity contribution in [2.45, 2.75) is 19.9 Å². The van der Waals surface area contributed by atoms with Gasteiger partial charge in [-0.2, -0.15) is 0 Å². The van der Waals surface area contributed by atoms with E-state index in [1.807, 2.05) is 6.92 Å². The number of likely N-dealkylation sites (N-methyl/N-ethyl adjacent to an activating group) is 1. The van der Waals surface area contributed by atoms with Gasteiger partial charge in [0, 0.05) is 24.8 Å². The fourth-order valence-corrected chi connectivity index (χ4v) is 3.08. The highest BCUT2D eigenvalue weighted by Gasteiger charge is 2.16. The maximum absolute atomic E-state index is 12.7. The number of hydrogen-bond acceptors (Lipinski definition) is 5. The average Bonchev–Trinajstić information content (AvgIpc) is 2.70. The van der Waals surface area contributed by atoms with Crippen LogP contribution in [0, 0.1) is 0 Å². The van der Waals surface area contributed by atoms with E-state index in [0.717, 1.165) is 0 Å². The number of pyridine rings is 1. The number of ether oxygens (including phenoxy) is 1. The monoisotopic (exact) mass is 416 g/mol. The molecule has 0 aliphatic rings. The topological polar surface area (TPSA) is 97.3 Å². The Labute approximate surface area is 171 Å². The van der Waals surface area contributed by atoms with Gasteiger partial charge in [-0.25, -0.2) is 9.78 Å². The molecule has 0 saturated heterocycles. The van der Waals surface area contributed by atoms with Crippen LogP contribution < -0.4 is 16.0 Å². The van der Waals surface area contributed by atoms with Crippen LogP contribution >= 0.6 is 11.6 Å². The largest absolute Gasteiger partial charge is 0.492 e. The van der Waals surface area contributed by atoms with Gasteiger partial charge in [0.2, 0.25) is 0 Å². The molecule has 0 aliphatic carbocycles. The molecule has 1 aromatic carbocycles. The summed E-state index contributed by atoms with van der Waals surface area (Å²) in [6.07, 6.45) is 2.09. The van der Waals surface area contributed by atoms with Crippen LogP contribution in [0.3, 0.4) is 0 Å². The van der Waals surface area contributed by atoms with E-state index < -0.39 is 11.2 Å². The number of carbonyl (C=O) groups excluding carboxylic acids is 1. The smallest absolute Gasteiger partial charge is 0.329 e. The number of aromatic nitrogens is 3. The summed E-state index contributed by atoms with van der Waals surface area (Å²) in [4.78, 5) is 44.9. The van der Waals surface area contributed by atoms with Crippen LogP contribution in [-0.4, -0.2) is 45.5 Å². The minimum atomic E-state index is -0.563. The molecule has 2 aromatic heterocycles. The van der Waals surface area contributed by atoms with E-state index in [2.05, 4.69) is 9.97 Å². The predicted octanol–water partition coefficient (Wildman–Crippen LogP) is 2.30. The van der Waals surface area contributed by atoms with Crippen molar-refractivity contribution in [2.75, 3.05) is 20.2 Å². The molecule has 0 atom stereocenters. The number of rotatable bonds is 7. The number of H-pyrrole nitrogens is 1. The lowest BCUT2D eigenvalue weighted by molar-refractivity contribution is 0.0773. The molecule has 0 saturated carbocycles. The average molecular weight is 417 g/mol. The number of nitrogens with one attached hydrogen (secondary N) is 1. The van der Waals surface area contributed by atoms with Gasteiger partial charge < -0.3 is 9.64 Å². The van der Waals surface area contributed by atoms with Crippen molar-refractivity contribution >= 4 is 28.5 Å². The van der Waals surface area contributed by atoms with Crippen LogP contribution in [0.25, 0.3) is 11.0 Å². The molecule has 2 heterocycles. The summed E-state index contributed by atoms with van der Waals surface area (Å²) < 4.78 is 7.00. The molecule has 0 radical (unpaired) electrons. The first-order valence-corrected chi connectivity index (χ1v) is 9.55. The van der Waals surface area contributed by atoms with Crippen LogP contribution in [0.15, 0.2) is 46.1 Å². The van der Waals surface area contributed by atoms with E-state index in [4.69, 9.17) is 16.3 Å². The summed E-state index contributed by atoms with van der Waals surface area (Å²) in [7, 11) is 1.64. The maximum Gasteiger partial charge on any atom is 0.329 e. The quantitative estimate of drug-likeness (QED) is 0.637. The van der Waals surface area contributed by atoms with Crippen LogP contribution in [0.5, 0.6) is 5.75 Å². The minimum absolute atomic E-state index is 0.201. The molecule has 1 N–H and O–H groups in total. The van der Waals surface area contributed by atoms with Gasteiger partial charge in [-0.05, 0) is 30.7 Å². The van der Waals surface area contributed by atoms with Gasteiger partial charge in [-0.15, -0.1) is 0 Å². The standard InChI is InChI=1S/C20H21ClN4O4/c1-3-7-25-17-16(18(26)23-20(25)28)10-13(12-22-17)19(27)24(2)8-9-29-15-6-4-5-14(21)11-15/h4-6,10-12H,3,7-9H2,1-2H3,(H,23,26,28). The van der Waals surface area contributed by atoms with Crippen molar-refractivity contribution in [2.24, 2.45) is 0 Å². The number of aromatic amines is 1. The molecule has 29 heavy (non-hydrogen) atoms. The number of fused-ring (bicyclic) bond motifs is 1. The van der Waals surface area contributed by atoms with Gasteiger partial charge in [-0.3, -0.25) is 19.1 Å². The highest BCUT2D eigenvalue weighted by atomic mass is 35.5. The van der Waals surface area contributed by atoms with E-state index in [-0.39, 0.29) is 29.1 Å². The van der Waals surface area contributed by atoms with E-state index in [9.17, 15) is 14.4 Å². The summed E-state index contributed by atoms with van der Waals surface area (Å²) in [6.45, 7) is 2.95. The van der Waals surface area contributed by atoms with E-state index in [1.165, 1.54) is 21.7 Å². The van der Waals surface area contributed by atoms with Gasteiger partial charge in [0.25, 0.3) is 11.5 Å². The minimum Gasteiger partial charge on any atom is -0.492 e. The Morgan fingerprint density at radius 3 is 2.83 bits per heavy atom. The summed E-state index contributed by atoms with van der Waals surface area (Å²) in [6, 6.07) is 8.46. The predicted molar refractivity (Wildman–Crippen MR) is 111 cm³/mol. The molecule has 1 amide bonds. The van der Waals surface area contributed by atoms with Crippen molar-refractivity contribution in [1.29, 1.82) is 0 Å². The molecule has 0 aliphatic heterocycles. The normalized spacial score (nSPS) is 10.9. The van der Waals surface area contributed by atoms with Crippen molar-refractivity contribution in [3.05, 3.63) is 68.0 Å². The lowest BCUT2D eigenvalue weighted by Crippen LogP contribution is -2.33. The Bertz CT molecular complexity index is 1160. The van der Waals surface area contributed by atoms with Crippen molar-refractivity contribution in [1.82, 2.24) is 19.4 Å². The lowest BCUT2D eigenvalue weighted by Gasteiger charge is -2.18. The Kier molecular flexibility index (Phi) is 6.33. The maximum atomic E-state index is 12.7. The van der Waals surface area contributed by atoms with Gasteiger partial charge in [0.1, 0.15) is 18.0 Å². The first kappa shape index (κ1) is 20.6. The molecular formula is C20H21ClN4O4. The van der Waals surface area contributed by atoms with Gasteiger partial charge in [-0.1, -0.05) is 24.6 Å². The second-order valence-corrected chi connectivity index (χ2v) is 6.98. The van der Waals surface area contributed by atoms with Crippen LogP contribution in [0.2, 0.25) is 5.02 Å². The van der Waals surface area contributed by atoms with Crippen LogP contribution in [-0.2, 0) is 6.54 Å². The third-order valence-electron chi connectivity index (χ3n) is 4.36. The Morgan fingerprint density at radius 1 is 1.31 bits per heavy atom. The molecular weight excluding hydrogens is 396 g/mol. The summed E-state index contributed by atoms with van der Waals surface area (Å²) in [5, 5.41) is 0.772. The molecule has 152 valence electrons. The Morgan fingerprint density at radius 2 is 2.10 bits per heavy atom. The van der Waals surface area contributed by atoms with Crippen molar-refractivity contribution in [3.8, 4) is 5.75 Å². The first-order chi connectivity index (χ1) is 13.9. The number of benzene rings is 1. The molecule has 0 spiro atoms. The van der Waals surface area contributed by atoms with E-state index in [1.54, 1.807) is 31.3 Å². The molecule has 0 fully saturated rings. The van der Waals surface area contributed by atoms with Crippen LogP contribution in [0.1, 0.15) is 23.7 Å². The van der Waals surface area contributed by atoms with Gasteiger partial charge in [0.05, 0.1) is 17.5 Å². The SMILES string of the molecule is CCCn1c(=O)[nH]c(=O)c2cc(C(=O)N(C)CCOc3cccc(Cl)c3)cnc21. The van der Waals surface area contributed by atoms with E-state index >= 15 is 0 Å². The number of aryl methyl sites for hydroxylation is 1. The second kappa shape index (κ2) is 8.91. The number of nitrogens with zero attached hydrogens (tertiary/aromatic N) is 3. The van der Waals surface area contributed by atoms with Gasteiger partial charge in [0.15, 0.2) is 0 Å². The van der Waals surface area contributed by atoms with Crippen molar-refractivity contribution in [3.63, 3.8) is 0 Å². The summed E-state index contributed by atoms with van der Waals surface area (Å²) in [5.41, 5.74) is -0.545. The van der Waals surface area contributed by atoms with E-state index in [0.29, 0.717) is 30.3 Å². The number of hydrogen-bond donors (Lipinski definition) is 1. The summed E-state index contributed by atoms with van der Waals surface area (Å²) >= 11 is 5.92. The fraction of sp³-hybridized carbons (Fsp3) is 0.300. The highest BCUT2D eigenvalue weighted by molar-refractivity contribution is 6.30.